The van der Waals surface area contributed by atoms with Crippen LogP contribution in [0, 0.1) is 21.4 Å². The van der Waals surface area contributed by atoms with Crippen LogP contribution in [0.4, 0.5) is 0 Å². The van der Waals surface area contributed by atoms with Crippen LogP contribution in [0.2, 0.25) is 0 Å². The van der Waals surface area contributed by atoms with Crippen LogP contribution in [-0.2, 0) is 18.3 Å². The van der Waals surface area contributed by atoms with Crippen molar-refractivity contribution in [2.24, 2.45) is 13.0 Å². The molecule has 0 bridgehead atoms. The number of aromatic nitrogens is 1. The van der Waals surface area contributed by atoms with Gasteiger partial charge >= 0.3 is 0 Å². The summed E-state index contributed by atoms with van der Waals surface area (Å²) in [6, 6.07) is 7.01. The van der Waals surface area contributed by atoms with Gasteiger partial charge in [0.05, 0.1) is 5.92 Å². The molecule has 1 saturated heterocycles. The molecule has 0 radical (unpaired) electrons. The number of rotatable bonds is 8. The van der Waals surface area contributed by atoms with Crippen LogP contribution in [0.3, 0.4) is 0 Å². The lowest BCUT2D eigenvalue weighted by atomic mass is 9.72. The molecule has 0 spiro atoms. The normalized spacial score (nSPS) is 22.6. The van der Waals surface area contributed by atoms with E-state index < -0.39 is 5.03 Å². The Morgan fingerprint density at radius 1 is 1.35 bits per heavy atom. The number of nitrogens with one attached hydrogen (secondary N) is 4. The first-order chi connectivity index (χ1) is 16.3. The molecule has 2 aliphatic rings. The van der Waals surface area contributed by atoms with E-state index in [1.165, 1.54) is 22.0 Å². The van der Waals surface area contributed by atoms with Crippen LogP contribution in [0.15, 0.2) is 24.4 Å². The zero-order valence-electron chi connectivity index (χ0n) is 20.1. The number of nitro groups is 1. The van der Waals surface area contributed by atoms with Gasteiger partial charge in [-0.3, -0.25) is 10.2 Å². The number of benzene rings is 1. The Bertz CT molecular complexity index is 1080. The summed E-state index contributed by atoms with van der Waals surface area (Å²) in [7, 11) is 4.24. The third-order valence-corrected chi connectivity index (χ3v) is 7.48. The van der Waals surface area contributed by atoms with Gasteiger partial charge in [0.2, 0.25) is 5.91 Å². The zero-order chi connectivity index (χ0) is 24.4. The Morgan fingerprint density at radius 3 is 2.88 bits per heavy atom. The van der Waals surface area contributed by atoms with Crippen molar-refractivity contribution in [3.05, 3.63) is 45.6 Å². The molecule has 4 N–H and O–H groups in total. The summed E-state index contributed by atoms with van der Waals surface area (Å²) in [4.78, 5) is 26.0. The fraction of sp³-hybridized carbons (Fsp3) is 0.583. The van der Waals surface area contributed by atoms with Gasteiger partial charge in [-0.25, -0.2) is 10.1 Å². The standard InChI is InChI=1S/C24H35N7O3/c1-4-17(7-6-10-26-24(25)28-31(33)34)27-23(32)16-11-19-18-8-5-9-20-22(18)15(13-29(20)2)12-21(19)30(3)14-16/h5,8-9,13,16-17,19,21H,4,6-7,10-12,14H2,1-3H3,(H,27,32)(H3,25,26,28)/t16-,17-,19-,21-/m1/s1. The molecule has 34 heavy (non-hydrogen) atoms. The van der Waals surface area contributed by atoms with Crippen LogP contribution in [0.1, 0.15) is 49.7 Å². The molecule has 184 valence electrons. The number of likely N-dealkylation sites (tertiary alicyclic amines) is 1. The van der Waals surface area contributed by atoms with E-state index >= 15 is 0 Å². The highest BCUT2D eigenvalue weighted by atomic mass is 16.7. The van der Waals surface area contributed by atoms with Gasteiger partial charge in [-0.2, -0.15) is 0 Å². The van der Waals surface area contributed by atoms with Crippen LogP contribution in [0.5, 0.6) is 0 Å². The molecule has 4 atom stereocenters. The van der Waals surface area contributed by atoms with E-state index in [1.807, 2.05) is 0 Å². The van der Waals surface area contributed by atoms with Crippen molar-refractivity contribution in [2.75, 3.05) is 20.1 Å². The smallest absolute Gasteiger partial charge is 0.251 e. The van der Waals surface area contributed by atoms with Gasteiger partial charge in [0.25, 0.3) is 5.96 Å². The van der Waals surface area contributed by atoms with Crippen molar-refractivity contribution < 1.29 is 9.83 Å². The highest BCUT2D eigenvalue weighted by molar-refractivity contribution is 5.89. The Balaban J connectivity index is 1.37. The molecule has 0 unspecified atom stereocenters. The minimum Gasteiger partial charge on any atom is -0.353 e. The topological polar surface area (TPSA) is 128 Å². The second kappa shape index (κ2) is 10.0. The Hall–Kier alpha value is -3.14. The molecule has 1 fully saturated rings. The van der Waals surface area contributed by atoms with Gasteiger partial charge in [0, 0.05) is 55.2 Å². The van der Waals surface area contributed by atoms with Crippen LogP contribution >= 0.6 is 0 Å². The maximum Gasteiger partial charge on any atom is 0.251 e. The summed E-state index contributed by atoms with van der Waals surface area (Å²) >= 11 is 0. The fourth-order valence-electron chi connectivity index (χ4n) is 5.80. The summed E-state index contributed by atoms with van der Waals surface area (Å²) < 4.78 is 2.21. The molecular formula is C24H35N7O3. The second-order valence-electron chi connectivity index (χ2n) is 9.68. The number of guanidine groups is 1. The molecule has 1 aromatic heterocycles. The third kappa shape index (κ3) is 4.86. The fourth-order valence-corrected chi connectivity index (χ4v) is 5.80. The maximum atomic E-state index is 13.3. The summed E-state index contributed by atoms with van der Waals surface area (Å²) in [5.41, 5.74) is 5.83. The van der Waals surface area contributed by atoms with Gasteiger partial charge in [0.15, 0.2) is 5.03 Å². The van der Waals surface area contributed by atoms with E-state index in [2.05, 4.69) is 65.5 Å². The van der Waals surface area contributed by atoms with Crippen LogP contribution in [0.25, 0.3) is 10.9 Å². The summed E-state index contributed by atoms with van der Waals surface area (Å²) in [5, 5.41) is 24.3. The lowest BCUT2D eigenvalue weighted by molar-refractivity contribution is -0.525. The number of hydrogen-bond acceptors (Lipinski definition) is 5. The first-order valence-electron chi connectivity index (χ1n) is 12.1. The molecule has 0 saturated carbocycles. The predicted molar refractivity (Wildman–Crippen MR) is 131 cm³/mol. The van der Waals surface area contributed by atoms with Gasteiger partial charge in [0.1, 0.15) is 0 Å². The largest absolute Gasteiger partial charge is 0.353 e. The molecule has 1 aromatic carbocycles. The lowest BCUT2D eigenvalue weighted by Gasteiger charge is -2.45. The van der Waals surface area contributed by atoms with E-state index in [0.717, 1.165) is 32.2 Å². The molecule has 10 nitrogen and oxygen atoms in total. The van der Waals surface area contributed by atoms with E-state index in [0.29, 0.717) is 24.9 Å². The lowest BCUT2D eigenvalue weighted by Crippen LogP contribution is -2.52. The van der Waals surface area contributed by atoms with E-state index in [9.17, 15) is 14.9 Å². The third-order valence-electron chi connectivity index (χ3n) is 7.48. The highest BCUT2D eigenvalue weighted by Gasteiger charge is 2.41. The first-order valence-corrected chi connectivity index (χ1v) is 12.1. The SMILES string of the molecule is CC[C@H](CCCNC(=N)N[N+](=O)[O-])NC(=O)[C@@H]1C[C@@H]2c3cccc4c3c(cn4C)C[C@H]2N(C)C1. The molecule has 1 amide bonds. The number of hydrogen-bond donors (Lipinski definition) is 4. The molecule has 2 aromatic rings. The minimum atomic E-state index is -0.762. The predicted octanol–water partition coefficient (Wildman–Crippen LogP) is 2.12. The van der Waals surface area contributed by atoms with Crippen LogP contribution < -0.4 is 16.1 Å². The first kappa shape index (κ1) is 24.0. The van der Waals surface area contributed by atoms with Gasteiger partial charge in [-0.1, -0.05) is 24.5 Å². The van der Waals surface area contributed by atoms with Crippen molar-refractivity contribution in [1.29, 1.82) is 5.41 Å². The highest BCUT2D eigenvalue weighted by Crippen LogP contribution is 2.44. The average Bonchev–Trinajstić information content (AvgIpc) is 3.12. The molecule has 4 rings (SSSR count). The summed E-state index contributed by atoms with van der Waals surface area (Å²) in [5.74, 6) is 0.0683. The van der Waals surface area contributed by atoms with Crippen molar-refractivity contribution in [3.63, 3.8) is 0 Å². The van der Waals surface area contributed by atoms with E-state index in [-0.39, 0.29) is 23.8 Å². The summed E-state index contributed by atoms with van der Waals surface area (Å²) in [6.45, 7) is 3.24. The van der Waals surface area contributed by atoms with E-state index in [4.69, 9.17) is 5.41 Å². The number of nitrogens with zero attached hydrogens (tertiary/aromatic N) is 3. The quantitative estimate of drug-likeness (QED) is 0.154. The number of amides is 1. The Labute approximate surface area is 199 Å². The maximum absolute atomic E-state index is 13.3. The monoisotopic (exact) mass is 469 g/mol. The number of carbonyl (C=O) groups excluding carboxylic acids is 1. The van der Waals surface area contributed by atoms with Crippen molar-refractivity contribution in [2.45, 2.75) is 57.0 Å². The zero-order valence-corrected chi connectivity index (χ0v) is 20.1. The number of aryl methyl sites for hydroxylation is 1. The van der Waals surface area contributed by atoms with Crippen molar-refractivity contribution in [3.8, 4) is 0 Å². The number of piperidine rings is 1. The van der Waals surface area contributed by atoms with Gasteiger partial charge in [-0.05, 0) is 56.3 Å². The summed E-state index contributed by atoms with van der Waals surface area (Å²) in [6.07, 6.45) is 6.41. The molecule has 10 heteroatoms. The van der Waals surface area contributed by atoms with Gasteiger partial charge in [-0.15, -0.1) is 0 Å². The number of hydrazine groups is 1. The number of likely N-dealkylation sites (N-methyl/N-ethyl adjacent to an activating group) is 1. The van der Waals surface area contributed by atoms with Gasteiger partial charge < -0.3 is 20.1 Å². The van der Waals surface area contributed by atoms with Crippen molar-refractivity contribution >= 4 is 22.8 Å². The number of fused-ring (bicyclic) bond motifs is 2. The second-order valence-corrected chi connectivity index (χ2v) is 9.68. The Kier molecular flexibility index (Phi) is 7.06. The average molecular weight is 470 g/mol. The molecule has 1 aliphatic carbocycles. The molecule has 2 heterocycles. The Morgan fingerprint density at radius 2 is 2.15 bits per heavy atom. The minimum absolute atomic E-state index is 0.0468. The van der Waals surface area contributed by atoms with Crippen molar-refractivity contribution in [1.82, 2.24) is 25.5 Å². The van der Waals surface area contributed by atoms with E-state index in [1.54, 1.807) is 5.43 Å². The number of carbonyl (C=O) groups is 1. The molecule has 1 aliphatic heterocycles. The van der Waals surface area contributed by atoms with Crippen LogP contribution in [-0.4, -0.2) is 58.6 Å². The molecular weight excluding hydrogens is 434 g/mol.